The number of fused-ring (bicyclic) bond motifs is 3. The summed E-state index contributed by atoms with van der Waals surface area (Å²) in [7, 11) is 0. The number of aromatic nitrogens is 1. The molecule has 2 aliphatic heterocycles. The highest BCUT2D eigenvalue weighted by Gasteiger charge is 2.60. The summed E-state index contributed by atoms with van der Waals surface area (Å²) >= 11 is 12.6. The van der Waals surface area contributed by atoms with Crippen LogP contribution in [0.25, 0.3) is 10.9 Å². The Balaban J connectivity index is 1.19. The number of rotatable bonds is 5. The van der Waals surface area contributed by atoms with Crippen LogP contribution in [-0.2, 0) is 15.0 Å². The van der Waals surface area contributed by atoms with Crippen molar-refractivity contribution in [3.8, 4) is 0 Å². The van der Waals surface area contributed by atoms with Gasteiger partial charge in [-0.3, -0.25) is 14.4 Å². The molecule has 4 atom stereocenters. The molecule has 0 unspecified atom stereocenters. The first-order chi connectivity index (χ1) is 18.9. The van der Waals surface area contributed by atoms with Gasteiger partial charge in [-0.2, -0.15) is 0 Å². The van der Waals surface area contributed by atoms with Gasteiger partial charge in [0.15, 0.2) is 0 Å². The third-order valence-corrected chi connectivity index (χ3v) is 9.64. The van der Waals surface area contributed by atoms with Crippen molar-refractivity contribution in [2.24, 2.45) is 11.3 Å². The fraction of sp³-hybridized carbons (Fsp3) is 0.452. The average molecular weight is 582 g/mol. The normalized spacial score (nSPS) is 23.9. The van der Waals surface area contributed by atoms with Gasteiger partial charge in [0.1, 0.15) is 11.7 Å². The van der Waals surface area contributed by atoms with Crippen LogP contribution in [0.15, 0.2) is 48.5 Å². The van der Waals surface area contributed by atoms with Crippen LogP contribution in [-0.4, -0.2) is 63.7 Å². The van der Waals surface area contributed by atoms with Crippen LogP contribution in [0.5, 0.6) is 0 Å². The third kappa shape index (κ3) is 4.38. The fourth-order valence-corrected chi connectivity index (χ4v) is 7.20. The van der Waals surface area contributed by atoms with E-state index in [1.807, 2.05) is 60.9 Å². The van der Waals surface area contributed by atoms with Crippen molar-refractivity contribution in [2.75, 3.05) is 13.1 Å². The highest BCUT2D eigenvalue weighted by molar-refractivity contribution is 6.35. The second-order valence-electron chi connectivity index (χ2n) is 12.7. The molecule has 3 aromatic rings. The van der Waals surface area contributed by atoms with Crippen LogP contribution in [0.1, 0.15) is 56.6 Å². The van der Waals surface area contributed by atoms with Crippen molar-refractivity contribution in [2.45, 2.75) is 64.1 Å². The highest BCUT2D eigenvalue weighted by atomic mass is 35.5. The van der Waals surface area contributed by atoms with Gasteiger partial charge < -0.3 is 20.1 Å². The number of carbonyl (C=O) groups excluding carboxylic acids is 3. The SMILES string of the molecule is C[C@H]1[C@H]2CN(C(=O)C3(c4ccc(Cl)cc4Cl)CC3)[C@@H]1CN2C(=O)[C@@H](NC(=O)c1cc2ccccc2[nH]1)C(C)(C)C. The van der Waals surface area contributed by atoms with Crippen LogP contribution in [0.2, 0.25) is 10.0 Å². The molecule has 2 saturated heterocycles. The molecule has 7 nitrogen and oxygen atoms in total. The summed E-state index contributed by atoms with van der Waals surface area (Å²) in [5, 5.41) is 5.02. The van der Waals surface area contributed by atoms with Crippen LogP contribution in [0, 0.1) is 11.3 Å². The van der Waals surface area contributed by atoms with Crippen molar-refractivity contribution in [3.05, 3.63) is 69.8 Å². The smallest absolute Gasteiger partial charge is 0.268 e. The number of benzene rings is 2. The maximum Gasteiger partial charge on any atom is 0.268 e. The van der Waals surface area contributed by atoms with Gasteiger partial charge in [0.2, 0.25) is 11.8 Å². The number of likely N-dealkylation sites (tertiary alicyclic amines) is 2. The van der Waals surface area contributed by atoms with Gasteiger partial charge in [-0.05, 0) is 48.1 Å². The molecule has 3 fully saturated rings. The molecule has 1 aliphatic carbocycles. The zero-order valence-corrected chi connectivity index (χ0v) is 24.6. The van der Waals surface area contributed by atoms with Crippen LogP contribution in [0.4, 0.5) is 0 Å². The maximum absolute atomic E-state index is 14.0. The van der Waals surface area contributed by atoms with Crippen LogP contribution in [0.3, 0.4) is 0 Å². The lowest BCUT2D eigenvalue weighted by atomic mass is 9.85. The Morgan fingerprint density at radius 3 is 2.27 bits per heavy atom. The monoisotopic (exact) mass is 580 g/mol. The first-order valence-electron chi connectivity index (χ1n) is 13.9. The van der Waals surface area contributed by atoms with Crippen molar-refractivity contribution in [1.82, 2.24) is 20.1 Å². The van der Waals surface area contributed by atoms with E-state index in [0.717, 1.165) is 29.3 Å². The molecular weight excluding hydrogens is 547 g/mol. The van der Waals surface area contributed by atoms with E-state index in [9.17, 15) is 14.4 Å². The van der Waals surface area contributed by atoms with Gasteiger partial charge in [0.25, 0.3) is 5.91 Å². The van der Waals surface area contributed by atoms with E-state index in [1.165, 1.54) is 0 Å². The van der Waals surface area contributed by atoms with Gasteiger partial charge in [-0.1, -0.05) is 75.2 Å². The summed E-state index contributed by atoms with van der Waals surface area (Å²) in [5.41, 5.74) is 1.01. The quantitative estimate of drug-likeness (QED) is 0.423. The number of nitrogens with one attached hydrogen (secondary N) is 2. The summed E-state index contributed by atoms with van der Waals surface area (Å²) in [6, 6.07) is 13.9. The Labute approximate surface area is 244 Å². The zero-order chi connectivity index (χ0) is 28.6. The fourth-order valence-electron chi connectivity index (χ4n) is 6.61. The molecule has 9 heteroatoms. The van der Waals surface area contributed by atoms with Crippen LogP contribution < -0.4 is 5.32 Å². The average Bonchev–Trinajstić information content (AvgIpc) is 3.35. The number of halogens is 2. The van der Waals surface area contributed by atoms with E-state index in [2.05, 4.69) is 17.2 Å². The third-order valence-electron chi connectivity index (χ3n) is 9.10. The minimum absolute atomic E-state index is 0.0740. The van der Waals surface area contributed by atoms with Crippen molar-refractivity contribution >= 4 is 51.8 Å². The predicted molar refractivity (Wildman–Crippen MR) is 157 cm³/mol. The molecule has 1 saturated carbocycles. The molecule has 2 bridgehead atoms. The Kier molecular flexibility index (Phi) is 6.46. The van der Waals surface area contributed by atoms with Crippen LogP contribution >= 0.6 is 23.2 Å². The topological polar surface area (TPSA) is 85.5 Å². The molecule has 3 heterocycles. The number of carbonyl (C=O) groups is 3. The number of nitrogens with zero attached hydrogens (tertiary/aromatic N) is 2. The Morgan fingerprint density at radius 1 is 1.00 bits per heavy atom. The summed E-state index contributed by atoms with van der Waals surface area (Å²) in [6.07, 6.45) is 1.51. The number of amides is 3. The molecule has 0 radical (unpaired) electrons. The second-order valence-corrected chi connectivity index (χ2v) is 13.5. The Hall–Kier alpha value is -3.03. The lowest BCUT2D eigenvalue weighted by Gasteiger charge is -2.40. The first-order valence-corrected chi connectivity index (χ1v) is 14.6. The summed E-state index contributed by atoms with van der Waals surface area (Å²) in [6.45, 7) is 8.93. The number of piperazine rings is 1. The van der Waals surface area contributed by atoms with E-state index in [4.69, 9.17) is 23.2 Å². The molecule has 2 aromatic carbocycles. The molecule has 0 spiro atoms. The first kappa shape index (κ1) is 27.2. The molecule has 210 valence electrons. The molecule has 3 aliphatic rings. The van der Waals surface area contributed by atoms with E-state index in [-0.39, 0.29) is 35.7 Å². The molecular formula is C31H34Cl2N4O3. The number of para-hydroxylation sites is 1. The number of hydrogen-bond acceptors (Lipinski definition) is 3. The number of hydrogen-bond donors (Lipinski definition) is 2. The lowest BCUT2D eigenvalue weighted by Crippen LogP contribution is -2.59. The maximum atomic E-state index is 14.0. The summed E-state index contributed by atoms with van der Waals surface area (Å²) in [4.78, 5) is 48.2. The molecule has 40 heavy (non-hydrogen) atoms. The van der Waals surface area contributed by atoms with E-state index in [1.54, 1.807) is 18.2 Å². The van der Waals surface area contributed by atoms with Crippen molar-refractivity contribution in [1.29, 1.82) is 0 Å². The number of aromatic amines is 1. The largest absolute Gasteiger partial charge is 0.351 e. The molecule has 3 amide bonds. The number of H-pyrrole nitrogens is 1. The second kappa shape index (κ2) is 9.52. The van der Waals surface area contributed by atoms with Crippen molar-refractivity contribution < 1.29 is 14.4 Å². The molecule has 1 aromatic heterocycles. The van der Waals surface area contributed by atoms with E-state index >= 15 is 0 Å². The van der Waals surface area contributed by atoms with Gasteiger partial charge in [-0.25, -0.2) is 0 Å². The standard InChI is InChI=1S/C31H34Cl2N4O3/c1-17-24-16-37(29(40)31(11-12-31)20-10-9-19(32)14-21(20)33)25(17)15-36(24)28(39)26(30(2,3)4)35-27(38)23-13-18-7-5-6-8-22(18)34-23/h5-10,13-14,17,24-26,34H,11-12,15-16H2,1-4H3,(H,35,38)/t17-,24+,25+,26+/m0/s1. The van der Waals surface area contributed by atoms with Gasteiger partial charge in [0.05, 0.1) is 17.5 Å². The van der Waals surface area contributed by atoms with Crippen molar-refractivity contribution in [3.63, 3.8) is 0 Å². The van der Waals surface area contributed by atoms with Gasteiger partial charge in [0, 0.05) is 40.0 Å². The zero-order valence-electron chi connectivity index (χ0n) is 23.1. The minimum atomic E-state index is -0.718. The van der Waals surface area contributed by atoms with E-state index < -0.39 is 16.9 Å². The van der Waals surface area contributed by atoms with Gasteiger partial charge >= 0.3 is 0 Å². The minimum Gasteiger partial charge on any atom is -0.351 e. The molecule has 6 rings (SSSR count). The summed E-state index contributed by atoms with van der Waals surface area (Å²) in [5.74, 6) is -0.198. The van der Waals surface area contributed by atoms with Gasteiger partial charge in [-0.15, -0.1) is 0 Å². The van der Waals surface area contributed by atoms with E-state index in [0.29, 0.717) is 28.8 Å². The predicted octanol–water partition coefficient (Wildman–Crippen LogP) is 5.41. The lowest BCUT2D eigenvalue weighted by molar-refractivity contribution is -0.143. The highest BCUT2D eigenvalue weighted by Crippen LogP contribution is 2.54. The molecule has 2 N–H and O–H groups in total. The Bertz CT molecular complexity index is 1490. The summed E-state index contributed by atoms with van der Waals surface area (Å²) < 4.78 is 0. The Morgan fingerprint density at radius 2 is 1.68 bits per heavy atom.